The molecule has 0 aliphatic carbocycles. The first kappa shape index (κ1) is 20.4. The van der Waals surface area contributed by atoms with Crippen LogP contribution < -0.4 is 4.90 Å². The molecule has 1 fully saturated rings. The molecule has 0 radical (unpaired) electrons. The van der Waals surface area contributed by atoms with E-state index in [4.69, 9.17) is 11.6 Å². The number of benzene rings is 1. The van der Waals surface area contributed by atoms with Gasteiger partial charge in [-0.05, 0) is 29.8 Å². The molecule has 2 heterocycles. The van der Waals surface area contributed by atoms with Crippen LogP contribution in [0.5, 0.6) is 0 Å². The van der Waals surface area contributed by atoms with E-state index in [9.17, 15) is 18.0 Å². The summed E-state index contributed by atoms with van der Waals surface area (Å²) in [5.41, 5.74) is 1.08. The van der Waals surface area contributed by atoms with E-state index >= 15 is 0 Å². The van der Waals surface area contributed by atoms with Crippen LogP contribution in [0.1, 0.15) is 15.9 Å². The van der Waals surface area contributed by atoms with E-state index in [-0.39, 0.29) is 12.5 Å². The number of rotatable bonds is 5. The number of pyridine rings is 1. The second kappa shape index (κ2) is 8.79. The summed E-state index contributed by atoms with van der Waals surface area (Å²) in [4.78, 5) is 20.7. The van der Waals surface area contributed by atoms with Gasteiger partial charge in [0.25, 0.3) is 5.91 Å². The maximum Gasteiger partial charge on any atom is 0.411 e. The van der Waals surface area contributed by atoms with Gasteiger partial charge in [-0.15, -0.1) is 0 Å². The molecule has 0 saturated carbocycles. The molecule has 0 unspecified atom stereocenters. The topological polar surface area (TPSA) is 45.7 Å². The Morgan fingerprint density at radius 2 is 1.75 bits per heavy atom. The largest absolute Gasteiger partial charge is 0.411 e. The van der Waals surface area contributed by atoms with E-state index in [1.54, 1.807) is 35.2 Å². The Kier molecular flexibility index (Phi) is 6.41. The molecule has 1 aromatic carbocycles. The van der Waals surface area contributed by atoms with Gasteiger partial charge >= 0.3 is 6.18 Å². The number of carbonyl (C=O) groups excluding carboxylic acids is 1. The minimum atomic E-state index is -4.35. The highest BCUT2D eigenvalue weighted by Gasteiger charge is 2.27. The number of hydrogen-bond donors (Lipinski definition) is 0. The molecule has 2 aromatic rings. The van der Waals surface area contributed by atoms with Crippen LogP contribution in [0.4, 0.5) is 19.0 Å². The minimum absolute atomic E-state index is 0.110. The Bertz CT molecular complexity index is 807. The lowest BCUT2D eigenvalue weighted by Crippen LogP contribution is -2.49. The number of piperazine rings is 1. The number of aromatic nitrogens is 1. The van der Waals surface area contributed by atoms with Crippen molar-refractivity contribution in [2.24, 2.45) is 0 Å². The number of anilines is 1. The van der Waals surface area contributed by atoms with Gasteiger partial charge in [0, 0.05) is 31.7 Å². The van der Waals surface area contributed by atoms with Crippen LogP contribution in [-0.2, 0) is 11.3 Å². The summed E-state index contributed by atoms with van der Waals surface area (Å²) in [5, 5.41) is 0.426. The van der Waals surface area contributed by atoms with Gasteiger partial charge in [0.15, 0.2) is 0 Å². The zero-order chi connectivity index (χ0) is 20.1. The molecule has 9 heteroatoms. The van der Waals surface area contributed by atoms with Crippen molar-refractivity contribution in [2.45, 2.75) is 12.8 Å². The van der Waals surface area contributed by atoms with Crippen LogP contribution in [0, 0.1) is 0 Å². The molecule has 1 amide bonds. The number of hydrogen-bond acceptors (Lipinski definition) is 4. The van der Waals surface area contributed by atoms with Gasteiger partial charge in [0.05, 0.1) is 6.61 Å². The first-order valence-corrected chi connectivity index (χ1v) is 9.10. The number of nitrogens with zero attached hydrogens (tertiary/aromatic N) is 3. The van der Waals surface area contributed by atoms with Crippen LogP contribution in [0.25, 0.3) is 0 Å². The Morgan fingerprint density at radius 3 is 2.36 bits per heavy atom. The number of halogens is 4. The number of amides is 1. The molecule has 5 nitrogen and oxygen atoms in total. The monoisotopic (exact) mass is 413 g/mol. The van der Waals surface area contributed by atoms with Crippen molar-refractivity contribution in [3.63, 3.8) is 0 Å². The van der Waals surface area contributed by atoms with E-state index in [1.165, 1.54) is 0 Å². The molecule has 1 aliphatic heterocycles. The standard InChI is InChI=1S/C19H19ClF3N3O2/c20-16-2-1-3-17(24-16)25-8-10-26(11-9-25)18(27)15-6-4-14(5-7-15)12-28-13-19(21,22)23/h1-7H,8-13H2. The summed E-state index contributed by atoms with van der Waals surface area (Å²) < 4.78 is 40.9. The SMILES string of the molecule is O=C(c1ccc(COCC(F)(F)F)cc1)N1CCN(c2cccc(Cl)n2)CC1. The van der Waals surface area contributed by atoms with Crippen LogP contribution in [0.3, 0.4) is 0 Å². The Hall–Kier alpha value is -2.32. The van der Waals surface area contributed by atoms with Gasteiger partial charge in [-0.1, -0.05) is 29.8 Å². The molecule has 1 aliphatic rings. The van der Waals surface area contributed by atoms with Gasteiger partial charge < -0.3 is 14.5 Å². The van der Waals surface area contributed by atoms with Gasteiger partial charge in [-0.3, -0.25) is 4.79 Å². The molecule has 28 heavy (non-hydrogen) atoms. The normalized spacial score (nSPS) is 15.0. The van der Waals surface area contributed by atoms with Crippen LogP contribution in [-0.4, -0.2) is 54.8 Å². The molecule has 0 bridgehead atoms. The Morgan fingerprint density at radius 1 is 1.07 bits per heavy atom. The molecule has 0 spiro atoms. The van der Waals surface area contributed by atoms with Crippen LogP contribution in [0.2, 0.25) is 5.15 Å². The van der Waals surface area contributed by atoms with Crippen LogP contribution in [0.15, 0.2) is 42.5 Å². The Balaban J connectivity index is 1.52. The van der Waals surface area contributed by atoms with Crippen molar-refractivity contribution >= 4 is 23.3 Å². The van der Waals surface area contributed by atoms with Crippen molar-refractivity contribution in [1.82, 2.24) is 9.88 Å². The highest BCUT2D eigenvalue weighted by atomic mass is 35.5. The highest BCUT2D eigenvalue weighted by Crippen LogP contribution is 2.18. The van der Waals surface area contributed by atoms with E-state index in [2.05, 4.69) is 14.6 Å². The van der Waals surface area contributed by atoms with Gasteiger partial charge in [-0.2, -0.15) is 13.2 Å². The lowest BCUT2D eigenvalue weighted by molar-refractivity contribution is -0.176. The fourth-order valence-corrected chi connectivity index (χ4v) is 3.08. The van der Waals surface area contributed by atoms with Crippen LogP contribution >= 0.6 is 11.6 Å². The van der Waals surface area contributed by atoms with Gasteiger partial charge in [0.1, 0.15) is 17.6 Å². The van der Waals surface area contributed by atoms with E-state index in [0.717, 1.165) is 5.82 Å². The summed E-state index contributed by atoms with van der Waals surface area (Å²) >= 11 is 5.92. The minimum Gasteiger partial charge on any atom is -0.367 e. The fourth-order valence-electron chi connectivity index (χ4n) is 2.92. The van der Waals surface area contributed by atoms with Crippen molar-refractivity contribution in [3.8, 4) is 0 Å². The predicted octanol–water partition coefficient (Wildman–Crippen LogP) is 3.78. The van der Waals surface area contributed by atoms with E-state index in [1.807, 2.05) is 12.1 Å². The van der Waals surface area contributed by atoms with E-state index < -0.39 is 12.8 Å². The van der Waals surface area contributed by atoms with Gasteiger partial charge in [0.2, 0.25) is 0 Å². The smallest absolute Gasteiger partial charge is 0.367 e. The average molecular weight is 414 g/mol. The first-order chi connectivity index (χ1) is 13.3. The molecule has 3 rings (SSSR count). The molecule has 1 saturated heterocycles. The molecular weight excluding hydrogens is 395 g/mol. The first-order valence-electron chi connectivity index (χ1n) is 8.72. The third kappa shape index (κ3) is 5.59. The maximum atomic E-state index is 12.6. The summed E-state index contributed by atoms with van der Waals surface area (Å²) in [7, 11) is 0. The lowest BCUT2D eigenvalue weighted by Gasteiger charge is -2.35. The molecular formula is C19H19ClF3N3O2. The molecule has 0 atom stereocenters. The number of ether oxygens (including phenoxy) is 1. The third-order valence-corrected chi connectivity index (χ3v) is 4.54. The Labute approximate surface area is 165 Å². The molecule has 1 aromatic heterocycles. The fraction of sp³-hybridized carbons (Fsp3) is 0.368. The second-order valence-electron chi connectivity index (χ2n) is 6.40. The summed E-state index contributed by atoms with van der Waals surface area (Å²) in [6, 6.07) is 11.9. The maximum absolute atomic E-state index is 12.6. The summed E-state index contributed by atoms with van der Waals surface area (Å²) in [6.45, 7) is 0.927. The quantitative estimate of drug-likeness (QED) is 0.700. The molecule has 0 N–H and O–H groups in total. The van der Waals surface area contributed by atoms with E-state index in [0.29, 0.717) is 42.5 Å². The second-order valence-corrected chi connectivity index (χ2v) is 6.79. The number of alkyl halides is 3. The third-order valence-electron chi connectivity index (χ3n) is 4.33. The van der Waals surface area contributed by atoms with Crippen molar-refractivity contribution < 1.29 is 22.7 Å². The lowest BCUT2D eigenvalue weighted by atomic mass is 10.1. The van der Waals surface area contributed by atoms with Gasteiger partial charge in [-0.25, -0.2) is 4.98 Å². The number of carbonyl (C=O) groups is 1. The summed E-state index contributed by atoms with van der Waals surface area (Å²) in [5.74, 6) is 0.671. The molecule has 150 valence electrons. The summed E-state index contributed by atoms with van der Waals surface area (Å²) in [6.07, 6.45) is -4.35. The zero-order valence-electron chi connectivity index (χ0n) is 15.0. The average Bonchev–Trinajstić information content (AvgIpc) is 2.67. The zero-order valence-corrected chi connectivity index (χ0v) is 15.7. The predicted molar refractivity (Wildman–Crippen MR) is 99.5 cm³/mol. The highest BCUT2D eigenvalue weighted by molar-refractivity contribution is 6.29. The van der Waals surface area contributed by atoms with Crippen molar-refractivity contribution in [3.05, 3.63) is 58.7 Å². The van der Waals surface area contributed by atoms with Crippen molar-refractivity contribution in [2.75, 3.05) is 37.7 Å². The van der Waals surface area contributed by atoms with Crippen molar-refractivity contribution in [1.29, 1.82) is 0 Å².